The summed E-state index contributed by atoms with van der Waals surface area (Å²) in [5.41, 5.74) is -0.447. The molecule has 0 aliphatic carbocycles. The largest absolute Gasteiger partial charge is 0.390 e. The molecule has 100 valence electrons. The fourth-order valence-corrected chi connectivity index (χ4v) is 3.63. The zero-order chi connectivity index (χ0) is 12.1. The van der Waals surface area contributed by atoms with E-state index in [0.717, 1.165) is 12.8 Å². The Morgan fingerprint density at radius 3 is 1.76 bits per heavy atom. The Morgan fingerprint density at radius 1 is 0.941 bits per heavy atom. The number of hydrogen-bond donors (Lipinski definition) is 3. The van der Waals surface area contributed by atoms with E-state index in [1.165, 1.54) is 51.6 Å². The van der Waals surface area contributed by atoms with E-state index in [4.69, 9.17) is 0 Å². The molecule has 1 unspecified atom stereocenters. The van der Waals surface area contributed by atoms with Crippen LogP contribution in [-0.2, 0) is 0 Å². The van der Waals surface area contributed by atoms with Crippen LogP contribution in [0.2, 0.25) is 0 Å². The smallest absolute Gasteiger partial charge is 0.0886 e. The average Bonchev–Trinajstić information content (AvgIpc) is 2.30. The van der Waals surface area contributed by atoms with Gasteiger partial charge in [0, 0.05) is 12.8 Å². The zero-order valence-corrected chi connectivity index (χ0v) is 11.3. The maximum absolute atomic E-state index is 10.6. The van der Waals surface area contributed by atoms with Gasteiger partial charge in [-0.2, -0.15) is 0 Å². The fraction of sp³-hybridized carbons (Fsp3) is 1.00. The number of quaternary nitrogens is 2. The molecule has 0 saturated carbocycles. The highest BCUT2D eigenvalue weighted by Crippen LogP contribution is 2.22. The second-order valence-corrected chi connectivity index (χ2v) is 6.47. The van der Waals surface area contributed by atoms with Crippen LogP contribution in [0, 0.1) is 0 Å². The molecule has 0 aromatic carbocycles. The molecule has 2 fully saturated rings. The third-order valence-electron chi connectivity index (χ3n) is 4.46. The van der Waals surface area contributed by atoms with Crippen molar-refractivity contribution in [2.45, 2.75) is 76.0 Å². The van der Waals surface area contributed by atoms with E-state index < -0.39 is 5.60 Å². The standard InChI is InChI=1S/C14H28N2O/c1-14(17,10-12-6-2-4-8-15-12)11-13-7-3-5-9-16-13/h12-13,15-17H,2-11H2,1H3/p+2/t12-,13+,14?. The predicted octanol–water partition coefficient (Wildman–Crippen LogP) is -0.251. The quantitative estimate of drug-likeness (QED) is 0.626. The van der Waals surface area contributed by atoms with Gasteiger partial charge < -0.3 is 15.7 Å². The molecular formula is C14H30N2O+2. The number of nitrogens with two attached hydrogens (primary N) is 2. The summed E-state index contributed by atoms with van der Waals surface area (Å²) in [6.45, 7) is 4.57. The molecular weight excluding hydrogens is 212 g/mol. The van der Waals surface area contributed by atoms with Gasteiger partial charge in [-0.05, 0) is 45.4 Å². The van der Waals surface area contributed by atoms with Crippen molar-refractivity contribution < 1.29 is 15.7 Å². The molecule has 2 aliphatic heterocycles. The van der Waals surface area contributed by atoms with Gasteiger partial charge in [0.25, 0.3) is 0 Å². The van der Waals surface area contributed by atoms with Crippen LogP contribution in [0.4, 0.5) is 0 Å². The zero-order valence-electron chi connectivity index (χ0n) is 11.3. The minimum atomic E-state index is -0.447. The second kappa shape index (κ2) is 6.17. The highest BCUT2D eigenvalue weighted by molar-refractivity contribution is 4.80. The van der Waals surface area contributed by atoms with Gasteiger partial charge in [-0.3, -0.25) is 0 Å². The number of piperidine rings is 2. The Hall–Kier alpha value is -0.120. The Bertz CT molecular complexity index is 196. The topological polar surface area (TPSA) is 53.5 Å². The molecule has 3 atom stereocenters. The highest BCUT2D eigenvalue weighted by atomic mass is 16.3. The molecule has 0 aromatic rings. The molecule has 0 amide bonds. The van der Waals surface area contributed by atoms with Crippen molar-refractivity contribution in [1.82, 2.24) is 0 Å². The van der Waals surface area contributed by atoms with Crippen LogP contribution < -0.4 is 10.6 Å². The van der Waals surface area contributed by atoms with Crippen LogP contribution in [-0.4, -0.2) is 35.9 Å². The fourth-order valence-electron chi connectivity index (χ4n) is 3.63. The third kappa shape index (κ3) is 4.57. The summed E-state index contributed by atoms with van der Waals surface area (Å²) in [5.74, 6) is 0. The third-order valence-corrected chi connectivity index (χ3v) is 4.46. The second-order valence-electron chi connectivity index (χ2n) is 6.47. The minimum Gasteiger partial charge on any atom is -0.390 e. The number of aliphatic hydroxyl groups is 1. The summed E-state index contributed by atoms with van der Waals surface area (Å²) in [6.07, 6.45) is 9.98. The van der Waals surface area contributed by atoms with Crippen molar-refractivity contribution in [1.29, 1.82) is 0 Å². The van der Waals surface area contributed by atoms with Crippen molar-refractivity contribution in [2.75, 3.05) is 13.1 Å². The molecule has 0 spiro atoms. The molecule has 0 radical (unpaired) electrons. The first kappa shape index (κ1) is 13.3. The molecule has 2 heterocycles. The van der Waals surface area contributed by atoms with Gasteiger partial charge in [-0.1, -0.05) is 0 Å². The van der Waals surface area contributed by atoms with Crippen LogP contribution in [0.3, 0.4) is 0 Å². The molecule has 17 heavy (non-hydrogen) atoms. The van der Waals surface area contributed by atoms with E-state index in [1.807, 2.05) is 0 Å². The highest BCUT2D eigenvalue weighted by Gasteiger charge is 2.33. The lowest BCUT2D eigenvalue weighted by atomic mass is 9.85. The summed E-state index contributed by atoms with van der Waals surface area (Å²) >= 11 is 0. The van der Waals surface area contributed by atoms with Crippen LogP contribution >= 0.6 is 0 Å². The van der Waals surface area contributed by atoms with Crippen molar-refractivity contribution >= 4 is 0 Å². The first-order chi connectivity index (χ1) is 8.16. The molecule has 2 rings (SSSR count). The van der Waals surface area contributed by atoms with Gasteiger partial charge >= 0.3 is 0 Å². The lowest BCUT2D eigenvalue weighted by Crippen LogP contribution is -2.93. The number of rotatable bonds is 4. The van der Waals surface area contributed by atoms with E-state index in [-0.39, 0.29) is 0 Å². The maximum Gasteiger partial charge on any atom is 0.0886 e. The van der Waals surface area contributed by atoms with Crippen LogP contribution in [0.15, 0.2) is 0 Å². The van der Waals surface area contributed by atoms with Gasteiger partial charge in [0.1, 0.15) is 0 Å². The SMILES string of the molecule is CC(O)(C[C@H]1CCCC[NH2+]1)C[C@@H]1CCCC[NH2+]1. The normalized spacial score (nSPS) is 34.2. The molecule has 3 nitrogen and oxygen atoms in total. The first-order valence-electron chi connectivity index (χ1n) is 7.55. The summed E-state index contributed by atoms with van der Waals surface area (Å²) in [7, 11) is 0. The molecule has 5 N–H and O–H groups in total. The van der Waals surface area contributed by atoms with Crippen molar-refractivity contribution in [3.8, 4) is 0 Å². The van der Waals surface area contributed by atoms with Gasteiger partial charge in [0.2, 0.25) is 0 Å². The molecule has 3 heteroatoms. The minimum absolute atomic E-state index is 0.447. The van der Waals surface area contributed by atoms with Gasteiger partial charge in [0.15, 0.2) is 0 Å². The molecule has 0 aromatic heterocycles. The summed E-state index contributed by atoms with van der Waals surface area (Å²) < 4.78 is 0. The van der Waals surface area contributed by atoms with Crippen molar-refractivity contribution in [3.63, 3.8) is 0 Å². The van der Waals surface area contributed by atoms with Gasteiger partial charge in [-0.15, -0.1) is 0 Å². The lowest BCUT2D eigenvalue weighted by molar-refractivity contribution is -0.704. The Morgan fingerprint density at radius 2 is 1.41 bits per heavy atom. The van der Waals surface area contributed by atoms with Crippen molar-refractivity contribution in [3.05, 3.63) is 0 Å². The Balaban J connectivity index is 1.75. The van der Waals surface area contributed by atoms with Crippen LogP contribution in [0.1, 0.15) is 58.3 Å². The van der Waals surface area contributed by atoms with E-state index in [1.54, 1.807) is 0 Å². The molecule has 0 bridgehead atoms. The van der Waals surface area contributed by atoms with Crippen molar-refractivity contribution in [2.24, 2.45) is 0 Å². The number of hydrogen-bond acceptors (Lipinski definition) is 1. The lowest BCUT2D eigenvalue weighted by Gasteiger charge is -2.32. The van der Waals surface area contributed by atoms with E-state index >= 15 is 0 Å². The monoisotopic (exact) mass is 242 g/mol. The Kier molecular flexibility index (Phi) is 4.83. The first-order valence-corrected chi connectivity index (χ1v) is 7.55. The average molecular weight is 242 g/mol. The molecule has 2 saturated heterocycles. The van der Waals surface area contributed by atoms with Crippen LogP contribution in [0.25, 0.3) is 0 Å². The van der Waals surface area contributed by atoms with E-state index in [2.05, 4.69) is 17.6 Å². The maximum atomic E-state index is 10.6. The van der Waals surface area contributed by atoms with E-state index in [9.17, 15) is 5.11 Å². The van der Waals surface area contributed by atoms with Gasteiger partial charge in [-0.25, -0.2) is 0 Å². The summed E-state index contributed by atoms with van der Waals surface area (Å²) in [4.78, 5) is 0. The molecule has 2 aliphatic rings. The summed E-state index contributed by atoms with van der Waals surface area (Å²) in [5, 5.41) is 15.5. The predicted molar refractivity (Wildman–Crippen MR) is 68.7 cm³/mol. The summed E-state index contributed by atoms with van der Waals surface area (Å²) in [6, 6.07) is 1.34. The van der Waals surface area contributed by atoms with Crippen LogP contribution in [0.5, 0.6) is 0 Å². The Labute approximate surface area is 105 Å². The van der Waals surface area contributed by atoms with E-state index in [0.29, 0.717) is 12.1 Å². The van der Waals surface area contributed by atoms with Gasteiger partial charge in [0.05, 0.1) is 30.8 Å².